The zero-order valence-corrected chi connectivity index (χ0v) is 18.6. The van der Waals surface area contributed by atoms with E-state index >= 15 is 0 Å². The number of carbonyl (C=O) groups excluding carboxylic acids is 1. The molecule has 2 atom stereocenters. The number of pyridine rings is 1. The van der Waals surface area contributed by atoms with Gasteiger partial charge in [0.05, 0.1) is 11.7 Å². The van der Waals surface area contributed by atoms with E-state index in [4.69, 9.17) is 10.5 Å². The van der Waals surface area contributed by atoms with Crippen molar-refractivity contribution in [2.45, 2.75) is 32.4 Å². The van der Waals surface area contributed by atoms with E-state index in [1.807, 2.05) is 19.1 Å². The second kappa shape index (κ2) is 8.01. The van der Waals surface area contributed by atoms with Gasteiger partial charge in [0, 0.05) is 48.5 Å². The summed E-state index contributed by atoms with van der Waals surface area (Å²) in [5.41, 5.74) is 9.95. The summed E-state index contributed by atoms with van der Waals surface area (Å²) in [5.74, 6) is 0.747. The van der Waals surface area contributed by atoms with Gasteiger partial charge in [0.15, 0.2) is 0 Å². The molecule has 1 aromatic carbocycles. The van der Waals surface area contributed by atoms with E-state index in [1.54, 1.807) is 0 Å². The van der Waals surface area contributed by atoms with Crippen molar-refractivity contribution in [3.63, 3.8) is 0 Å². The molecule has 0 aliphatic carbocycles. The van der Waals surface area contributed by atoms with Crippen LogP contribution in [-0.2, 0) is 6.42 Å². The van der Waals surface area contributed by atoms with Crippen molar-refractivity contribution in [2.24, 2.45) is 0 Å². The highest BCUT2D eigenvalue weighted by Crippen LogP contribution is 2.33. The first-order chi connectivity index (χ1) is 15.0. The molecule has 8 heteroatoms. The van der Waals surface area contributed by atoms with E-state index in [2.05, 4.69) is 45.6 Å². The monoisotopic (exact) mass is 437 g/mol. The maximum absolute atomic E-state index is 12.9. The van der Waals surface area contributed by atoms with E-state index in [0.717, 1.165) is 53.3 Å². The quantitative estimate of drug-likeness (QED) is 0.584. The third kappa shape index (κ3) is 3.93. The number of nitrogens with two attached hydrogens (primary N) is 1. The van der Waals surface area contributed by atoms with Crippen LogP contribution in [0.3, 0.4) is 0 Å². The van der Waals surface area contributed by atoms with E-state index in [9.17, 15) is 4.79 Å². The molecule has 7 nitrogen and oxygen atoms in total. The third-order valence-corrected chi connectivity index (χ3v) is 7.08. The summed E-state index contributed by atoms with van der Waals surface area (Å²) in [6.07, 6.45) is 0.738. The molecule has 1 saturated heterocycles. The highest BCUT2D eigenvalue weighted by molar-refractivity contribution is 7.21. The number of hydrogen-bond acceptors (Lipinski definition) is 7. The number of rotatable bonds is 3. The Balaban J connectivity index is 1.29. The first kappa shape index (κ1) is 20.1. The van der Waals surface area contributed by atoms with Crippen molar-refractivity contribution in [2.75, 3.05) is 36.9 Å². The first-order valence-electron chi connectivity index (χ1n) is 10.7. The standard InChI is InChI=1S/C23H27N5O2S/c1-13-3-6-18-20(24)21(31-23(18)26-13)22(29)27-16-9-15-4-5-17(10-19(15)30-12-16)28-8-7-25-14(2)11-28/h3-6,10,14,16,25H,7-9,11-12,24H2,1-2H3,(H,27,29). The number of thiophene rings is 1. The van der Waals surface area contributed by atoms with Crippen molar-refractivity contribution >= 4 is 38.8 Å². The van der Waals surface area contributed by atoms with Gasteiger partial charge >= 0.3 is 0 Å². The average Bonchev–Trinajstić information content (AvgIpc) is 3.09. The number of fused-ring (bicyclic) bond motifs is 2. The predicted octanol–water partition coefficient (Wildman–Crippen LogP) is 2.72. The van der Waals surface area contributed by atoms with E-state index in [1.165, 1.54) is 17.0 Å². The minimum absolute atomic E-state index is 0.0932. The lowest BCUT2D eigenvalue weighted by Crippen LogP contribution is -2.49. The van der Waals surface area contributed by atoms with E-state index in [0.29, 0.717) is 23.2 Å². The Labute approximate surface area is 185 Å². The molecule has 4 N–H and O–H groups in total. The van der Waals surface area contributed by atoms with Gasteiger partial charge in [-0.3, -0.25) is 4.79 Å². The minimum Gasteiger partial charge on any atom is -0.491 e. The summed E-state index contributed by atoms with van der Waals surface area (Å²) in [6.45, 7) is 7.55. The van der Waals surface area contributed by atoms with Gasteiger partial charge in [0.25, 0.3) is 5.91 Å². The molecule has 1 amide bonds. The van der Waals surface area contributed by atoms with Crippen LogP contribution in [0.25, 0.3) is 10.2 Å². The average molecular weight is 438 g/mol. The molecule has 0 spiro atoms. The number of hydrogen-bond donors (Lipinski definition) is 3. The van der Waals surface area contributed by atoms with Crippen LogP contribution in [0.4, 0.5) is 11.4 Å². The zero-order chi connectivity index (χ0) is 21.5. The lowest BCUT2D eigenvalue weighted by molar-refractivity contribution is 0.0920. The Morgan fingerprint density at radius 1 is 1.35 bits per heavy atom. The number of ether oxygens (including phenoxy) is 1. The van der Waals surface area contributed by atoms with Crippen molar-refractivity contribution in [1.82, 2.24) is 15.6 Å². The van der Waals surface area contributed by atoms with E-state index < -0.39 is 0 Å². The molecule has 31 heavy (non-hydrogen) atoms. The first-order valence-corrected chi connectivity index (χ1v) is 11.5. The minimum atomic E-state index is -0.165. The number of benzene rings is 1. The summed E-state index contributed by atoms with van der Waals surface area (Å²) in [7, 11) is 0. The van der Waals surface area contributed by atoms with Gasteiger partial charge in [0.2, 0.25) is 0 Å². The van der Waals surface area contributed by atoms with Crippen molar-refractivity contribution in [1.29, 1.82) is 0 Å². The lowest BCUT2D eigenvalue weighted by Gasteiger charge is -2.34. The van der Waals surface area contributed by atoms with E-state index in [-0.39, 0.29) is 11.9 Å². The largest absolute Gasteiger partial charge is 0.491 e. The van der Waals surface area contributed by atoms with Crippen LogP contribution in [-0.4, -0.2) is 49.2 Å². The van der Waals surface area contributed by atoms with Crippen LogP contribution in [0.2, 0.25) is 0 Å². The van der Waals surface area contributed by atoms with Crippen molar-refractivity contribution in [3.8, 4) is 5.75 Å². The number of amides is 1. The number of piperazine rings is 1. The molecule has 0 bridgehead atoms. The second-order valence-electron chi connectivity index (χ2n) is 8.43. The number of nitrogens with zero attached hydrogens (tertiary/aromatic N) is 2. The third-order valence-electron chi connectivity index (χ3n) is 5.97. The van der Waals surface area contributed by atoms with Crippen LogP contribution in [0.15, 0.2) is 30.3 Å². The van der Waals surface area contributed by atoms with Gasteiger partial charge in [-0.1, -0.05) is 6.07 Å². The number of aromatic nitrogens is 1. The van der Waals surface area contributed by atoms with Crippen LogP contribution < -0.4 is 26.0 Å². The number of nitrogen functional groups attached to an aromatic ring is 1. The molecule has 2 aromatic heterocycles. The Morgan fingerprint density at radius 2 is 2.23 bits per heavy atom. The Morgan fingerprint density at radius 3 is 3.06 bits per heavy atom. The summed E-state index contributed by atoms with van der Waals surface area (Å²) >= 11 is 1.34. The van der Waals surface area contributed by atoms with Gasteiger partial charge in [-0.25, -0.2) is 4.98 Å². The fraction of sp³-hybridized carbons (Fsp3) is 0.391. The summed E-state index contributed by atoms with van der Waals surface area (Å²) in [6, 6.07) is 10.6. The Hall–Kier alpha value is -2.84. The highest BCUT2D eigenvalue weighted by Gasteiger charge is 2.26. The van der Waals surface area contributed by atoms with Crippen LogP contribution in [0.1, 0.15) is 27.9 Å². The molecule has 0 radical (unpaired) electrons. The lowest BCUT2D eigenvalue weighted by atomic mass is 10.0. The molecule has 2 aliphatic heterocycles. The normalized spacial score (nSPS) is 20.9. The molecule has 162 valence electrons. The Kier molecular flexibility index (Phi) is 5.19. The topological polar surface area (TPSA) is 92.5 Å². The smallest absolute Gasteiger partial charge is 0.263 e. The van der Waals surface area contributed by atoms with Crippen LogP contribution in [0.5, 0.6) is 5.75 Å². The maximum atomic E-state index is 12.9. The molecule has 5 rings (SSSR count). The van der Waals surface area contributed by atoms with Gasteiger partial charge in [-0.15, -0.1) is 11.3 Å². The molecular weight excluding hydrogens is 410 g/mol. The number of carbonyl (C=O) groups is 1. The summed E-state index contributed by atoms with van der Waals surface area (Å²) in [4.78, 5) is 21.1. The molecule has 2 aliphatic rings. The van der Waals surface area contributed by atoms with Crippen LogP contribution >= 0.6 is 11.3 Å². The van der Waals surface area contributed by atoms with Crippen molar-refractivity contribution in [3.05, 3.63) is 46.5 Å². The highest BCUT2D eigenvalue weighted by atomic mass is 32.1. The number of aryl methyl sites for hydroxylation is 1. The van der Waals surface area contributed by atoms with Gasteiger partial charge in [0.1, 0.15) is 22.1 Å². The fourth-order valence-electron chi connectivity index (χ4n) is 4.33. The molecule has 4 heterocycles. The zero-order valence-electron chi connectivity index (χ0n) is 17.8. The second-order valence-corrected chi connectivity index (χ2v) is 9.43. The molecule has 1 fully saturated rings. The number of nitrogens with one attached hydrogen (secondary N) is 2. The van der Waals surface area contributed by atoms with Crippen LogP contribution in [0, 0.1) is 6.92 Å². The summed E-state index contributed by atoms with van der Waals surface area (Å²) in [5, 5.41) is 7.40. The van der Waals surface area contributed by atoms with Crippen molar-refractivity contribution < 1.29 is 9.53 Å². The molecule has 2 unspecified atom stereocenters. The SMILES string of the molecule is Cc1ccc2c(N)c(C(=O)NC3COc4cc(N5CCNC(C)C5)ccc4C3)sc2n1. The fourth-order valence-corrected chi connectivity index (χ4v) is 5.37. The maximum Gasteiger partial charge on any atom is 0.263 e. The predicted molar refractivity (Wildman–Crippen MR) is 125 cm³/mol. The molecule has 0 saturated carbocycles. The van der Waals surface area contributed by atoms with Gasteiger partial charge in [-0.05, 0) is 44.0 Å². The number of anilines is 2. The Bertz CT molecular complexity index is 1140. The van der Waals surface area contributed by atoms with Gasteiger partial charge in [-0.2, -0.15) is 0 Å². The van der Waals surface area contributed by atoms with Gasteiger partial charge < -0.3 is 26.0 Å². The molecular formula is C23H27N5O2S. The summed E-state index contributed by atoms with van der Waals surface area (Å²) < 4.78 is 6.04. The molecule has 3 aromatic rings.